The van der Waals surface area contributed by atoms with Crippen LogP contribution in [0.2, 0.25) is 0 Å². The number of H-pyrrole nitrogens is 1. The third kappa shape index (κ3) is 8.79. The van der Waals surface area contributed by atoms with Crippen LogP contribution in [0.25, 0.3) is 10.9 Å². The van der Waals surface area contributed by atoms with Gasteiger partial charge in [0.2, 0.25) is 17.7 Å². The third-order valence-corrected chi connectivity index (χ3v) is 5.99. The zero-order chi connectivity index (χ0) is 27.7. The highest BCUT2D eigenvalue weighted by Gasteiger charge is 2.32. The maximum Gasteiger partial charge on any atom is 0.326 e. The first kappa shape index (κ1) is 29.6. The molecule has 1 aromatic carbocycles. The van der Waals surface area contributed by atoms with Crippen molar-refractivity contribution in [2.45, 2.75) is 57.3 Å². The Morgan fingerprint density at radius 2 is 1.54 bits per heavy atom. The minimum atomic E-state index is -1.58. The fourth-order valence-electron chi connectivity index (χ4n) is 3.71. The van der Waals surface area contributed by atoms with Crippen molar-refractivity contribution in [3.8, 4) is 0 Å². The van der Waals surface area contributed by atoms with Gasteiger partial charge in [-0.05, 0) is 24.0 Å². The van der Waals surface area contributed by atoms with Crippen LogP contribution in [-0.4, -0.2) is 74.8 Å². The SMILES string of the molecule is CC(C)CC(NC(=O)C(N)CS)C(=O)NC(CC(=O)O)C(=O)NC(Cc1c[nH]c2ccccc12)C(=O)O. The normalized spacial score (nSPS) is 14.4. The molecule has 8 N–H and O–H groups in total. The van der Waals surface area contributed by atoms with Crippen LogP contribution < -0.4 is 21.7 Å². The number of fused-ring (bicyclic) bond motifs is 1. The molecule has 0 fully saturated rings. The van der Waals surface area contributed by atoms with E-state index < -0.39 is 60.2 Å². The van der Waals surface area contributed by atoms with Crippen molar-refractivity contribution < 1.29 is 34.2 Å². The van der Waals surface area contributed by atoms with Gasteiger partial charge in [0.1, 0.15) is 18.1 Å². The second-order valence-corrected chi connectivity index (χ2v) is 9.47. The molecule has 0 saturated carbocycles. The smallest absolute Gasteiger partial charge is 0.326 e. The molecule has 1 heterocycles. The van der Waals surface area contributed by atoms with Gasteiger partial charge in [0.05, 0.1) is 12.5 Å². The van der Waals surface area contributed by atoms with Crippen molar-refractivity contribution in [3.63, 3.8) is 0 Å². The van der Waals surface area contributed by atoms with Crippen LogP contribution in [0.3, 0.4) is 0 Å². The number of amides is 3. The summed E-state index contributed by atoms with van der Waals surface area (Å²) in [6, 6.07) is 2.20. The number of carboxylic acid groups (broad SMARTS) is 2. The van der Waals surface area contributed by atoms with Gasteiger partial charge >= 0.3 is 11.9 Å². The molecule has 0 saturated heterocycles. The van der Waals surface area contributed by atoms with Crippen molar-refractivity contribution in [1.82, 2.24) is 20.9 Å². The lowest BCUT2D eigenvalue weighted by atomic mass is 10.0. The average molecular weight is 536 g/mol. The lowest BCUT2D eigenvalue weighted by Crippen LogP contribution is -2.58. The van der Waals surface area contributed by atoms with E-state index in [2.05, 4.69) is 33.6 Å². The monoisotopic (exact) mass is 535 g/mol. The summed E-state index contributed by atoms with van der Waals surface area (Å²) in [5, 5.41) is 27.0. The minimum Gasteiger partial charge on any atom is -0.481 e. The van der Waals surface area contributed by atoms with Gasteiger partial charge in [0.25, 0.3) is 0 Å². The van der Waals surface area contributed by atoms with Gasteiger partial charge in [-0.2, -0.15) is 12.6 Å². The molecule has 2 aromatic rings. The maximum atomic E-state index is 13.0. The molecule has 202 valence electrons. The van der Waals surface area contributed by atoms with Crippen molar-refractivity contribution in [1.29, 1.82) is 0 Å². The first-order valence-corrected chi connectivity index (χ1v) is 12.3. The van der Waals surface area contributed by atoms with E-state index >= 15 is 0 Å². The summed E-state index contributed by atoms with van der Waals surface area (Å²) in [7, 11) is 0. The van der Waals surface area contributed by atoms with Crippen LogP contribution in [0.4, 0.5) is 0 Å². The average Bonchev–Trinajstić information content (AvgIpc) is 3.24. The van der Waals surface area contributed by atoms with Crippen LogP contribution in [0.15, 0.2) is 30.5 Å². The van der Waals surface area contributed by atoms with Gasteiger partial charge in [-0.15, -0.1) is 0 Å². The highest BCUT2D eigenvalue weighted by molar-refractivity contribution is 7.80. The van der Waals surface area contributed by atoms with Gasteiger partial charge < -0.3 is 36.9 Å². The van der Waals surface area contributed by atoms with Gasteiger partial charge in [-0.3, -0.25) is 19.2 Å². The summed E-state index contributed by atoms with van der Waals surface area (Å²) in [4.78, 5) is 64.5. The number of aromatic amines is 1. The largest absolute Gasteiger partial charge is 0.481 e. The van der Waals surface area contributed by atoms with Crippen molar-refractivity contribution >= 4 is 53.2 Å². The van der Waals surface area contributed by atoms with E-state index in [0.29, 0.717) is 5.56 Å². The Labute approximate surface area is 219 Å². The third-order valence-electron chi connectivity index (χ3n) is 5.60. The fraction of sp³-hybridized carbons (Fsp3) is 0.458. The molecule has 0 aliphatic rings. The number of benzene rings is 1. The number of rotatable bonds is 14. The summed E-state index contributed by atoms with van der Waals surface area (Å²) in [6.07, 6.45) is 0.955. The molecule has 4 atom stereocenters. The minimum absolute atomic E-state index is 0.0393. The van der Waals surface area contributed by atoms with E-state index in [9.17, 15) is 34.2 Å². The molecule has 0 bridgehead atoms. The van der Waals surface area contributed by atoms with Gasteiger partial charge in [0.15, 0.2) is 0 Å². The second-order valence-electron chi connectivity index (χ2n) is 9.10. The number of nitrogens with two attached hydrogens (primary N) is 1. The van der Waals surface area contributed by atoms with Crippen molar-refractivity contribution in [3.05, 3.63) is 36.0 Å². The van der Waals surface area contributed by atoms with Crippen LogP contribution >= 0.6 is 12.6 Å². The fourth-order valence-corrected chi connectivity index (χ4v) is 3.88. The van der Waals surface area contributed by atoms with Crippen molar-refractivity contribution in [2.24, 2.45) is 11.7 Å². The van der Waals surface area contributed by atoms with Gasteiger partial charge in [-0.1, -0.05) is 32.0 Å². The summed E-state index contributed by atoms with van der Waals surface area (Å²) in [6.45, 7) is 3.63. The van der Waals surface area contributed by atoms with E-state index in [0.717, 1.165) is 10.9 Å². The summed E-state index contributed by atoms with van der Waals surface area (Å²) >= 11 is 3.96. The number of hydrogen-bond donors (Lipinski definition) is 8. The molecule has 12 nitrogen and oxygen atoms in total. The first-order chi connectivity index (χ1) is 17.4. The van der Waals surface area contributed by atoms with E-state index in [1.807, 2.05) is 26.0 Å². The number of hydrogen-bond acceptors (Lipinski definition) is 7. The summed E-state index contributed by atoms with van der Waals surface area (Å²) < 4.78 is 0. The molecule has 0 radical (unpaired) electrons. The number of carbonyl (C=O) groups excluding carboxylic acids is 3. The molecular formula is C24H33N5O7S. The van der Waals surface area contributed by atoms with Crippen LogP contribution in [-0.2, 0) is 30.4 Å². The predicted octanol–water partition coefficient (Wildman–Crippen LogP) is 0.0273. The van der Waals surface area contributed by atoms with Crippen LogP contribution in [0.5, 0.6) is 0 Å². The van der Waals surface area contributed by atoms with Crippen LogP contribution in [0, 0.1) is 5.92 Å². The molecule has 2 rings (SSSR count). The zero-order valence-corrected chi connectivity index (χ0v) is 21.5. The molecule has 37 heavy (non-hydrogen) atoms. The summed E-state index contributed by atoms with van der Waals surface area (Å²) in [5.74, 6) is -5.11. The standard InChI is InChI=1S/C24H33N5O7S/c1-12(2)7-17(27-21(32)15(25)11-37)22(33)28-18(9-20(30)31)23(34)29-19(24(35)36)8-13-10-26-16-6-4-3-5-14(13)16/h3-6,10,12,15,17-19,26,37H,7-9,11,25H2,1-2H3,(H,27,32)(H,28,33)(H,29,34)(H,30,31)(H,35,36). The molecule has 13 heteroatoms. The highest BCUT2D eigenvalue weighted by Crippen LogP contribution is 2.19. The Morgan fingerprint density at radius 1 is 0.946 bits per heavy atom. The number of carbonyl (C=O) groups is 5. The highest BCUT2D eigenvalue weighted by atomic mass is 32.1. The molecule has 0 spiro atoms. The van der Waals surface area contributed by atoms with Crippen LogP contribution in [0.1, 0.15) is 32.3 Å². The number of aliphatic carboxylic acids is 2. The predicted molar refractivity (Wildman–Crippen MR) is 139 cm³/mol. The molecule has 3 amide bonds. The number of carboxylic acids is 2. The second kappa shape index (κ2) is 13.7. The Balaban J connectivity index is 2.19. The Kier molecular flexibility index (Phi) is 10.9. The number of nitrogens with one attached hydrogen (secondary N) is 4. The molecule has 0 aliphatic carbocycles. The Hall–Kier alpha value is -3.58. The number of aromatic nitrogens is 1. The van der Waals surface area contributed by atoms with Crippen molar-refractivity contribution in [2.75, 3.05) is 5.75 Å². The maximum absolute atomic E-state index is 13.0. The molecule has 4 unspecified atom stereocenters. The zero-order valence-electron chi connectivity index (χ0n) is 20.6. The van der Waals surface area contributed by atoms with E-state index in [1.54, 1.807) is 18.3 Å². The Morgan fingerprint density at radius 3 is 2.14 bits per heavy atom. The molecular weight excluding hydrogens is 502 g/mol. The number of thiol groups is 1. The molecule has 0 aliphatic heterocycles. The summed E-state index contributed by atoms with van der Waals surface area (Å²) in [5.41, 5.74) is 7.10. The lowest BCUT2D eigenvalue weighted by Gasteiger charge is -2.25. The van der Waals surface area contributed by atoms with E-state index in [4.69, 9.17) is 5.73 Å². The quantitative estimate of drug-likeness (QED) is 0.155. The number of para-hydroxylation sites is 1. The lowest BCUT2D eigenvalue weighted by molar-refractivity contribution is -0.143. The van der Waals surface area contributed by atoms with E-state index in [-0.39, 0.29) is 24.5 Å². The van der Waals surface area contributed by atoms with Gasteiger partial charge in [-0.25, -0.2) is 4.79 Å². The topological polar surface area (TPSA) is 204 Å². The molecule has 1 aromatic heterocycles. The Bertz CT molecular complexity index is 1140. The first-order valence-electron chi connectivity index (χ1n) is 11.7. The van der Waals surface area contributed by atoms with Gasteiger partial charge in [0, 0.05) is 29.3 Å². The van der Waals surface area contributed by atoms with E-state index in [1.165, 1.54) is 0 Å².